The molecule has 2 rings (SSSR count). The summed E-state index contributed by atoms with van der Waals surface area (Å²) in [5.74, 6) is -0.933. The molecule has 2 aromatic rings. The standard InChI is InChI=1S/C16H16BrNO2/c1-10-3-5-12(6-4-10)11(2)18-15-8-13(16(19)20)7-14(17)9-15/h3-9,11,18H,1-2H3,(H,19,20). The SMILES string of the molecule is Cc1ccc(C(C)Nc2cc(Br)cc(C(=O)O)c2)cc1. The van der Waals surface area contributed by atoms with Gasteiger partial charge in [0.25, 0.3) is 0 Å². The molecule has 2 N–H and O–H groups in total. The summed E-state index contributed by atoms with van der Waals surface area (Å²) in [6, 6.07) is 13.5. The first-order valence-electron chi connectivity index (χ1n) is 6.32. The third kappa shape index (κ3) is 3.61. The van der Waals surface area contributed by atoms with Gasteiger partial charge in [0.1, 0.15) is 0 Å². The van der Waals surface area contributed by atoms with Crippen molar-refractivity contribution in [1.82, 2.24) is 0 Å². The number of halogens is 1. The Morgan fingerprint density at radius 1 is 1.20 bits per heavy atom. The molecule has 1 unspecified atom stereocenters. The molecule has 0 aliphatic rings. The highest BCUT2D eigenvalue weighted by Gasteiger charge is 2.09. The fourth-order valence-electron chi connectivity index (χ4n) is 1.98. The predicted molar refractivity (Wildman–Crippen MR) is 84.3 cm³/mol. The van der Waals surface area contributed by atoms with Crippen molar-refractivity contribution in [1.29, 1.82) is 0 Å². The molecule has 0 radical (unpaired) electrons. The highest BCUT2D eigenvalue weighted by molar-refractivity contribution is 9.10. The molecule has 2 aromatic carbocycles. The van der Waals surface area contributed by atoms with Crippen molar-refractivity contribution in [2.75, 3.05) is 5.32 Å². The minimum absolute atomic E-state index is 0.103. The average molecular weight is 334 g/mol. The monoisotopic (exact) mass is 333 g/mol. The summed E-state index contributed by atoms with van der Waals surface area (Å²) in [4.78, 5) is 11.1. The molecule has 1 atom stereocenters. The van der Waals surface area contributed by atoms with Gasteiger partial charge >= 0.3 is 5.97 Å². The summed E-state index contributed by atoms with van der Waals surface area (Å²) < 4.78 is 0.746. The molecule has 104 valence electrons. The summed E-state index contributed by atoms with van der Waals surface area (Å²) in [6.45, 7) is 4.10. The first-order valence-corrected chi connectivity index (χ1v) is 7.12. The summed E-state index contributed by atoms with van der Waals surface area (Å²) >= 11 is 3.33. The lowest BCUT2D eigenvalue weighted by molar-refractivity contribution is 0.0697. The molecule has 0 bridgehead atoms. The van der Waals surface area contributed by atoms with Crippen LogP contribution in [0.25, 0.3) is 0 Å². The number of benzene rings is 2. The van der Waals surface area contributed by atoms with E-state index in [1.54, 1.807) is 12.1 Å². The third-order valence-electron chi connectivity index (χ3n) is 3.11. The van der Waals surface area contributed by atoms with E-state index in [9.17, 15) is 4.79 Å². The van der Waals surface area contributed by atoms with E-state index in [0.717, 1.165) is 15.7 Å². The number of nitrogens with one attached hydrogen (secondary N) is 1. The summed E-state index contributed by atoms with van der Waals surface area (Å²) in [7, 11) is 0. The van der Waals surface area contributed by atoms with Crippen molar-refractivity contribution in [2.45, 2.75) is 19.9 Å². The van der Waals surface area contributed by atoms with Gasteiger partial charge in [0.2, 0.25) is 0 Å². The maximum absolute atomic E-state index is 11.1. The van der Waals surface area contributed by atoms with Crippen molar-refractivity contribution >= 4 is 27.6 Å². The zero-order chi connectivity index (χ0) is 14.7. The zero-order valence-corrected chi connectivity index (χ0v) is 12.9. The number of carbonyl (C=O) groups is 1. The Bertz CT molecular complexity index is 623. The lowest BCUT2D eigenvalue weighted by atomic mass is 10.1. The van der Waals surface area contributed by atoms with E-state index in [1.165, 1.54) is 5.56 Å². The molecule has 0 saturated carbocycles. The van der Waals surface area contributed by atoms with Gasteiger partial charge in [0.15, 0.2) is 0 Å². The van der Waals surface area contributed by atoms with E-state index in [1.807, 2.05) is 13.0 Å². The Kier molecular flexibility index (Phi) is 4.45. The van der Waals surface area contributed by atoms with Gasteiger partial charge in [0.05, 0.1) is 5.56 Å². The largest absolute Gasteiger partial charge is 0.478 e. The van der Waals surface area contributed by atoms with Crippen LogP contribution in [0.2, 0.25) is 0 Å². The number of hydrogen-bond acceptors (Lipinski definition) is 2. The summed E-state index contributed by atoms with van der Waals surface area (Å²) in [5.41, 5.74) is 3.42. The molecule has 4 heteroatoms. The number of anilines is 1. The molecule has 3 nitrogen and oxygen atoms in total. The minimum Gasteiger partial charge on any atom is -0.478 e. The van der Waals surface area contributed by atoms with Gasteiger partial charge in [-0.1, -0.05) is 45.8 Å². The maximum atomic E-state index is 11.1. The molecule has 0 aromatic heterocycles. The lowest BCUT2D eigenvalue weighted by Gasteiger charge is -2.16. The van der Waals surface area contributed by atoms with Gasteiger partial charge in [-0.3, -0.25) is 0 Å². The van der Waals surface area contributed by atoms with Crippen LogP contribution in [-0.2, 0) is 0 Å². The molecule has 20 heavy (non-hydrogen) atoms. The Labute approximate surface area is 126 Å². The Morgan fingerprint density at radius 3 is 2.45 bits per heavy atom. The second-order valence-corrected chi connectivity index (χ2v) is 5.73. The van der Waals surface area contributed by atoms with Crippen LogP contribution in [0, 0.1) is 6.92 Å². The van der Waals surface area contributed by atoms with Crippen LogP contribution >= 0.6 is 15.9 Å². The van der Waals surface area contributed by atoms with E-state index < -0.39 is 5.97 Å². The molecular formula is C16H16BrNO2. The Morgan fingerprint density at radius 2 is 1.85 bits per heavy atom. The average Bonchev–Trinajstić information content (AvgIpc) is 2.38. The fraction of sp³-hybridized carbons (Fsp3) is 0.188. The molecule has 0 aliphatic carbocycles. The smallest absolute Gasteiger partial charge is 0.335 e. The quantitative estimate of drug-likeness (QED) is 0.857. The molecule has 0 spiro atoms. The van der Waals surface area contributed by atoms with Crippen LogP contribution in [0.3, 0.4) is 0 Å². The van der Waals surface area contributed by atoms with Crippen LogP contribution in [0.15, 0.2) is 46.9 Å². The number of aryl methyl sites for hydroxylation is 1. The zero-order valence-electron chi connectivity index (χ0n) is 11.4. The van der Waals surface area contributed by atoms with Crippen molar-refractivity contribution in [3.63, 3.8) is 0 Å². The number of carboxylic acid groups (broad SMARTS) is 1. The number of hydrogen-bond donors (Lipinski definition) is 2. The second-order valence-electron chi connectivity index (χ2n) is 4.81. The highest BCUT2D eigenvalue weighted by atomic mass is 79.9. The van der Waals surface area contributed by atoms with Crippen molar-refractivity contribution in [3.05, 3.63) is 63.6 Å². The Balaban J connectivity index is 2.21. The van der Waals surface area contributed by atoms with Gasteiger partial charge in [-0.05, 0) is 37.6 Å². The van der Waals surface area contributed by atoms with Gasteiger partial charge in [0, 0.05) is 16.2 Å². The maximum Gasteiger partial charge on any atom is 0.335 e. The van der Waals surface area contributed by atoms with Crippen molar-refractivity contribution in [2.24, 2.45) is 0 Å². The lowest BCUT2D eigenvalue weighted by Crippen LogP contribution is -2.07. The van der Waals surface area contributed by atoms with Crippen molar-refractivity contribution < 1.29 is 9.90 Å². The van der Waals surface area contributed by atoms with E-state index in [-0.39, 0.29) is 11.6 Å². The minimum atomic E-state index is -0.933. The first-order chi connectivity index (χ1) is 9.45. The predicted octanol–water partition coefficient (Wildman–Crippen LogP) is 4.63. The summed E-state index contributed by atoms with van der Waals surface area (Å²) in [6.07, 6.45) is 0. The van der Waals surface area contributed by atoms with Crippen LogP contribution in [0.4, 0.5) is 5.69 Å². The second kappa shape index (κ2) is 6.09. The molecular weight excluding hydrogens is 318 g/mol. The third-order valence-corrected chi connectivity index (χ3v) is 3.56. The topological polar surface area (TPSA) is 49.3 Å². The van der Waals surface area contributed by atoms with Crippen LogP contribution in [0.5, 0.6) is 0 Å². The van der Waals surface area contributed by atoms with Crippen molar-refractivity contribution in [3.8, 4) is 0 Å². The van der Waals surface area contributed by atoms with Gasteiger partial charge < -0.3 is 10.4 Å². The number of aromatic carboxylic acids is 1. The normalized spacial score (nSPS) is 11.9. The fourth-order valence-corrected chi connectivity index (χ4v) is 2.48. The first kappa shape index (κ1) is 14.6. The van der Waals surface area contributed by atoms with Gasteiger partial charge in [-0.2, -0.15) is 0 Å². The van der Waals surface area contributed by atoms with Crippen LogP contribution < -0.4 is 5.32 Å². The van der Waals surface area contributed by atoms with Gasteiger partial charge in [-0.25, -0.2) is 4.79 Å². The van der Waals surface area contributed by atoms with Gasteiger partial charge in [-0.15, -0.1) is 0 Å². The number of rotatable bonds is 4. The molecule has 0 heterocycles. The molecule has 0 fully saturated rings. The Hall–Kier alpha value is -1.81. The number of carboxylic acids is 1. The highest BCUT2D eigenvalue weighted by Crippen LogP contribution is 2.24. The summed E-state index contributed by atoms with van der Waals surface area (Å²) in [5, 5.41) is 12.4. The molecule has 0 amide bonds. The van der Waals surface area contributed by atoms with Crippen LogP contribution in [-0.4, -0.2) is 11.1 Å². The van der Waals surface area contributed by atoms with Crippen LogP contribution in [0.1, 0.15) is 34.5 Å². The van der Waals surface area contributed by atoms with E-state index in [2.05, 4.69) is 52.4 Å². The van der Waals surface area contributed by atoms with E-state index in [0.29, 0.717) is 0 Å². The molecule has 0 saturated heterocycles. The molecule has 0 aliphatic heterocycles. The van der Waals surface area contributed by atoms with E-state index >= 15 is 0 Å². The van der Waals surface area contributed by atoms with E-state index in [4.69, 9.17) is 5.11 Å².